The van der Waals surface area contributed by atoms with E-state index in [0.29, 0.717) is 24.6 Å². The molecule has 1 atom stereocenters. The average Bonchev–Trinajstić information content (AvgIpc) is 2.49. The predicted molar refractivity (Wildman–Crippen MR) is 86.4 cm³/mol. The number of nitrogens with zero attached hydrogens (tertiary/aromatic N) is 1. The molecule has 0 bridgehead atoms. The maximum atomic E-state index is 10.1. The van der Waals surface area contributed by atoms with Gasteiger partial charge in [-0.3, -0.25) is 0 Å². The molecule has 0 aromatic heterocycles. The van der Waals surface area contributed by atoms with Crippen molar-refractivity contribution in [2.24, 2.45) is 5.92 Å². The van der Waals surface area contributed by atoms with Crippen LogP contribution in [0.3, 0.4) is 0 Å². The van der Waals surface area contributed by atoms with Gasteiger partial charge in [0.1, 0.15) is 18.5 Å². The number of aliphatic hydroxyl groups excluding tert-OH is 1. The highest BCUT2D eigenvalue weighted by Crippen LogP contribution is 2.22. The van der Waals surface area contributed by atoms with E-state index in [1.165, 1.54) is 25.7 Å². The van der Waals surface area contributed by atoms with E-state index in [2.05, 4.69) is 11.8 Å². The lowest BCUT2D eigenvalue weighted by Crippen LogP contribution is -2.40. The Kier molecular flexibility index (Phi) is 6.33. The van der Waals surface area contributed by atoms with Gasteiger partial charge in [0.2, 0.25) is 0 Å². The van der Waals surface area contributed by atoms with Gasteiger partial charge in [-0.15, -0.1) is 0 Å². The maximum Gasteiger partial charge on any atom is 0.142 e. The van der Waals surface area contributed by atoms with E-state index in [0.717, 1.165) is 19.0 Å². The van der Waals surface area contributed by atoms with Crippen molar-refractivity contribution in [3.63, 3.8) is 0 Å². The van der Waals surface area contributed by atoms with Crippen molar-refractivity contribution >= 4 is 5.69 Å². The number of rotatable bonds is 7. The fourth-order valence-electron chi connectivity index (χ4n) is 3.01. The Hall–Kier alpha value is -1.26. The number of hydrogen-bond acceptors (Lipinski definition) is 4. The van der Waals surface area contributed by atoms with Crippen LogP contribution in [0.15, 0.2) is 24.3 Å². The van der Waals surface area contributed by atoms with Crippen molar-refractivity contribution in [1.29, 1.82) is 0 Å². The molecule has 1 aromatic rings. The Morgan fingerprint density at radius 1 is 1.33 bits per heavy atom. The van der Waals surface area contributed by atoms with E-state index in [1.807, 2.05) is 18.2 Å². The molecule has 3 N–H and O–H groups in total. The van der Waals surface area contributed by atoms with Gasteiger partial charge >= 0.3 is 0 Å². The van der Waals surface area contributed by atoms with Crippen LogP contribution in [0, 0.1) is 5.92 Å². The highest BCUT2D eigenvalue weighted by Gasteiger charge is 2.20. The van der Waals surface area contributed by atoms with Crippen molar-refractivity contribution in [2.75, 3.05) is 32.0 Å². The summed E-state index contributed by atoms with van der Waals surface area (Å²) in [6.07, 6.45) is 4.67. The second-order valence-corrected chi connectivity index (χ2v) is 6.04. The number of ether oxygens (including phenoxy) is 1. The SMILES string of the molecule is CCCC1CCN(CC(O)COc2ccccc2N)CC1. The number of benzene rings is 1. The molecule has 0 spiro atoms. The molecule has 118 valence electrons. The van der Waals surface area contributed by atoms with Crippen molar-refractivity contribution < 1.29 is 9.84 Å². The molecule has 1 heterocycles. The van der Waals surface area contributed by atoms with Crippen LogP contribution < -0.4 is 10.5 Å². The van der Waals surface area contributed by atoms with Crippen LogP contribution in [-0.4, -0.2) is 42.4 Å². The highest BCUT2D eigenvalue weighted by molar-refractivity contribution is 5.51. The molecule has 0 amide bonds. The van der Waals surface area contributed by atoms with E-state index in [9.17, 15) is 5.11 Å². The van der Waals surface area contributed by atoms with E-state index in [4.69, 9.17) is 10.5 Å². The van der Waals surface area contributed by atoms with Crippen molar-refractivity contribution in [1.82, 2.24) is 4.90 Å². The van der Waals surface area contributed by atoms with Crippen molar-refractivity contribution in [2.45, 2.75) is 38.7 Å². The van der Waals surface area contributed by atoms with E-state index < -0.39 is 6.10 Å². The van der Waals surface area contributed by atoms with Crippen LogP contribution in [0.5, 0.6) is 5.75 Å². The monoisotopic (exact) mass is 292 g/mol. The second-order valence-electron chi connectivity index (χ2n) is 6.04. The van der Waals surface area contributed by atoms with Crippen LogP contribution in [-0.2, 0) is 0 Å². The molecule has 0 radical (unpaired) electrons. The van der Waals surface area contributed by atoms with Crippen molar-refractivity contribution in [3.8, 4) is 5.75 Å². The molecule has 0 saturated carbocycles. The first-order valence-corrected chi connectivity index (χ1v) is 8.06. The summed E-state index contributed by atoms with van der Waals surface area (Å²) in [4.78, 5) is 2.34. The van der Waals surface area contributed by atoms with E-state index in [-0.39, 0.29) is 0 Å². The highest BCUT2D eigenvalue weighted by atomic mass is 16.5. The molecule has 4 nitrogen and oxygen atoms in total. The summed E-state index contributed by atoms with van der Waals surface area (Å²) >= 11 is 0. The normalized spacial score (nSPS) is 18.6. The number of hydrogen-bond donors (Lipinski definition) is 2. The number of para-hydroxylation sites is 2. The number of piperidine rings is 1. The summed E-state index contributed by atoms with van der Waals surface area (Å²) in [7, 11) is 0. The van der Waals surface area contributed by atoms with Crippen LogP contribution in [0.2, 0.25) is 0 Å². The van der Waals surface area contributed by atoms with Gasteiger partial charge in [-0.2, -0.15) is 0 Å². The molecule has 1 aliphatic rings. The minimum absolute atomic E-state index is 0.295. The number of aliphatic hydroxyl groups is 1. The van der Waals surface area contributed by atoms with Gasteiger partial charge in [0.15, 0.2) is 0 Å². The van der Waals surface area contributed by atoms with Gasteiger partial charge in [0.05, 0.1) is 5.69 Å². The quantitative estimate of drug-likeness (QED) is 0.758. The lowest BCUT2D eigenvalue weighted by molar-refractivity contribution is 0.0545. The molecular weight excluding hydrogens is 264 g/mol. The molecule has 21 heavy (non-hydrogen) atoms. The van der Waals surface area contributed by atoms with Crippen LogP contribution in [0.1, 0.15) is 32.6 Å². The van der Waals surface area contributed by atoms with Gasteiger partial charge in [-0.1, -0.05) is 31.9 Å². The molecule has 1 unspecified atom stereocenters. The molecule has 1 aliphatic heterocycles. The first-order chi connectivity index (χ1) is 10.2. The van der Waals surface area contributed by atoms with Gasteiger partial charge in [-0.05, 0) is 44.0 Å². The number of anilines is 1. The lowest BCUT2D eigenvalue weighted by atomic mass is 9.92. The van der Waals surface area contributed by atoms with Crippen LogP contribution in [0.25, 0.3) is 0 Å². The number of β-amino-alcohol motifs (C(OH)–C–C–N with tert-alkyl or cyclic N) is 1. The third kappa shape index (κ3) is 5.21. The zero-order valence-electron chi connectivity index (χ0n) is 13.0. The Balaban J connectivity index is 1.68. The molecule has 1 fully saturated rings. The smallest absolute Gasteiger partial charge is 0.142 e. The molecular formula is C17H28N2O2. The van der Waals surface area contributed by atoms with Crippen LogP contribution >= 0.6 is 0 Å². The minimum atomic E-state index is -0.465. The standard InChI is InChI=1S/C17H28N2O2/c1-2-5-14-8-10-19(11-9-14)12-15(20)13-21-17-7-4-3-6-16(17)18/h3-4,6-7,14-15,20H,2,5,8-13,18H2,1H3. The molecule has 0 aliphatic carbocycles. The van der Waals surface area contributed by atoms with Gasteiger partial charge in [0, 0.05) is 6.54 Å². The Labute approximate surface area is 127 Å². The van der Waals surface area contributed by atoms with Crippen molar-refractivity contribution in [3.05, 3.63) is 24.3 Å². The Morgan fingerprint density at radius 2 is 2.05 bits per heavy atom. The minimum Gasteiger partial charge on any atom is -0.489 e. The van der Waals surface area contributed by atoms with Gasteiger partial charge < -0.3 is 20.5 Å². The first-order valence-electron chi connectivity index (χ1n) is 8.06. The number of nitrogens with two attached hydrogens (primary N) is 1. The number of nitrogen functional groups attached to an aromatic ring is 1. The molecule has 1 aromatic carbocycles. The topological polar surface area (TPSA) is 58.7 Å². The Morgan fingerprint density at radius 3 is 2.71 bits per heavy atom. The van der Waals surface area contributed by atoms with Crippen LogP contribution in [0.4, 0.5) is 5.69 Å². The fourth-order valence-corrected chi connectivity index (χ4v) is 3.01. The van der Waals surface area contributed by atoms with E-state index >= 15 is 0 Å². The lowest BCUT2D eigenvalue weighted by Gasteiger charge is -2.33. The molecule has 2 rings (SSSR count). The zero-order chi connectivity index (χ0) is 15.1. The Bertz CT molecular complexity index is 417. The third-order valence-corrected chi connectivity index (χ3v) is 4.22. The van der Waals surface area contributed by atoms with E-state index in [1.54, 1.807) is 6.07 Å². The average molecular weight is 292 g/mol. The summed E-state index contributed by atoms with van der Waals surface area (Å²) in [5.74, 6) is 1.53. The summed E-state index contributed by atoms with van der Waals surface area (Å²) < 4.78 is 5.60. The third-order valence-electron chi connectivity index (χ3n) is 4.22. The molecule has 4 heteroatoms. The molecule has 1 saturated heterocycles. The summed E-state index contributed by atoms with van der Waals surface area (Å²) in [5, 5.41) is 10.1. The summed E-state index contributed by atoms with van der Waals surface area (Å²) in [6, 6.07) is 7.40. The largest absolute Gasteiger partial charge is 0.489 e. The predicted octanol–water partition coefficient (Wildman–Crippen LogP) is 2.52. The zero-order valence-corrected chi connectivity index (χ0v) is 13.0. The first kappa shape index (κ1) is 16.1. The fraction of sp³-hybridized carbons (Fsp3) is 0.647. The number of likely N-dealkylation sites (tertiary alicyclic amines) is 1. The van der Waals surface area contributed by atoms with Gasteiger partial charge in [0.25, 0.3) is 0 Å². The maximum absolute atomic E-state index is 10.1. The second kappa shape index (κ2) is 8.25. The summed E-state index contributed by atoms with van der Waals surface area (Å²) in [5.41, 5.74) is 6.43. The summed E-state index contributed by atoms with van der Waals surface area (Å²) in [6.45, 7) is 5.42. The van der Waals surface area contributed by atoms with Gasteiger partial charge in [-0.25, -0.2) is 0 Å².